The number of phenolic OH excluding ortho intramolecular Hbond substituents is 1. The molecule has 1 rings (SSSR count). The summed E-state index contributed by atoms with van der Waals surface area (Å²) in [7, 11) is 5.22. The second kappa shape index (κ2) is 2.61. The van der Waals surface area contributed by atoms with E-state index in [1.807, 2.05) is 0 Å². The lowest BCUT2D eigenvalue weighted by molar-refractivity contribution is -0.384. The van der Waals surface area contributed by atoms with E-state index in [-0.39, 0.29) is 16.9 Å². The van der Waals surface area contributed by atoms with Crippen molar-refractivity contribution in [1.29, 1.82) is 0 Å². The molecule has 5 heteroatoms. The average molecular weight is 149 g/mol. The van der Waals surface area contributed by atoms with E-state index in [0.29, 0.717) is 0 Å². The highest BCUT2D eigenvalue weighted by molar-refractivity contribution is 6.34. The van der Waals surface area contributed by atoms with Crippen molar-refractivity contribution in [2.75, 3.05) is 0 Å². The Balaban J connectivity index is 3.15. The summed E-state index contributed by atoms with van der Waals surface area (Å²) in [4.78, 5) is 9.52. The fourth-order valence-electron chi connectivity index (χ4n) is 0.646. The van der Waals surface area contributed by atoms with Crippen molar-refractivity contribution in [2.24, 2.45) is 0 Å². The monoisotopic (exact) mass is 149 g/mol. The van der Waals surface area contributed by atoms with Gasteiger partial charge >= 0.3 is 0 Å². The zero-order chi connectivity index (χ0) is 8.43. The quantitative estimate of drug-likeness (QED) is 0.349. The van der Waals surface area contributed by atoms with Crippen LogP contribution in [0.25, 0.3) is 0 Å². The smallest absolute Gasteiger partial charge is 0.273 e. The van der Waals surface area contributed by atoms with Gasteiger partial charge in [-0.1, -0.05) is 11.5 Å². The van der Waals surface area contributed by atoms with Crippen LogP contribution in [-0.4, -0.2) is 17.9 Å². The number of benzene rings is 1. The van der Waals surface area contributed by atoms with Gasteiger partial charge in [0.25, 0.3) is 5.69 Å². The highest BCUT2D eigenvalue weighted by Gasteiger charge is 2.06. The highest BCUT2D eigenvalue weighted by Crippen LogP contribution is 2.14. The molecule has 0 heterocycles. The lowest BCUT2D eigenvalue weighted by atomic mass is 9.95. The summed E-state index contributed by atoms with van der Waals surface area (Å²) < 4.78 is 0. The fourth-order valence-corrected chi connectivity index (χ4v) is 0.646. The number of nitro benzene ring substituents is 1. The third-order valence-corrected chi connectivity index (χ3v) is 1.22. The molecule has 0 fully saturated rings. The van der Waals surface area contributed by atoms with Crippen LogP contribution in [0.1, 0.15) is 0 Å². The number of non-ortho nitro benzene ring substituents is 1. The number of hydrogen-bond acceptors (Lipinski definition) is 3. The molecule has 2 radical (unpaired) electrons. The van der Waals surface area contributed by atoms with E-state index >= 15 is 0 Å². The van der Waals surface area contributed by atoms with Crippen LogP contribution in [-0.2, 0) is 0 Å². The summed E-state index contributed by atoms with van der Waals surface area (Å²) in [6.07, 6.45) is 0. The Hall–Kier alpha value is -1.52. The number of nitrogens with zero attached hydrogens (tertiary/aromatic N) is 1. The SMILES string of the molecule is [B]c1ccc([N+](=O)[O-])cc1O. The van der Waals surface area contributed by atoms with Crippen LogP contribution in [0.2, 0.25) is 0 Å². The van der Waals surface area contributed by atoms with Crippen LogP contribution >= 0.6 is 0 Å². The van der Waals surface area contributed by atoms with Crippen molar-refractivity contribution in [3.05, 3.63) is 28.3 Å². The largest absolute Gasteiger partial charge is 0.508 e. The van der Waals surface area contributed by atoms with Gasteiger partial charge in [0.1, 0.15) is 13.6 Å². The summed E-state index contributed by atoms with van der Waals surface area (Å²) >= 11 is 0. The van der Waals surface area contributed by atoms with Crippen LogP contribution < -0.4 is 5.46 Å². The first-order valence-electron chi connectivity index (χ1n) is 2.84. The van der Waals surface area contributed by atoms with Gasteiger partial charge in [-0.25, -0.2) is 0 Å². The Morgan fingerprint density at radius 2 is 2.18 bits per heavy atom. The second-order valence-electron chi connectivity index (χ2n) is 2.00. The zero-order valence-electron chi connectivity index (χ0n) is 5.52. The predicted octanol–water partition coefficient (Wildman–Crippen LogP) is 0.0942. The Bertz CT molecular complexity index is 300. The van der Waals surface area contributed by atoms with Gasteiger partial charge in [-0.15, -0.1) is 0 Å². The number of rotatable bonds is 1. The highest BCUT2D eigenvalue weighted by atomic mass is 16.6. The molecule has 0 aliphatic heterocycles. The molecule has 1 N–H and O–H groups in total. The molecule has 1 aromatic rings. The van der Waals surface area contributed by atoms with Gasteiger partial charge in [0, 0.05) is 6.07 Å². The number of phenols is 1. The van der Waals surface area contributed by atoms with Crippen molar-refractivity contribution in [3.8, 4) is 5.75 Å². The molecule has 0 saturated heterocycles. The molecule has 0 aliphatic rings. The lowest BCUT2D eigenvalue weighted by Crippen LogP contribution is -2.02. The Morgan fingerprint density at radius 1 is 1.55 bits per heavy atom. The summed E-state index contributed by atoms with van der Waals surface area (Å²) in [5.74, 6) is -0.265. The van der Waals surface area contributed by atoms with E-state index in [2.05, 4.69) is 0 Å². The molecule has 0 amide bonds. The molecule has 0 aliphatic carbocycles. The Morgan fingerprint density at radius 3 is 2.64 bits per heavy atom. The first-order chi connectivity index (χ1) is 5.11. The molecule has 0 spiro atoms. The maximum Gasteiger partial charge on any atom is 0.273 e. The molecule has 0 bridgehead atoms. The van der Waals surface area contributed by atoms with Gasteiger partial charge in [0.05, 0.1) is 11.0 Å². The van der Waals surface area contributed by atoms with Gasteiger partial charge in [-0.2, -0.15) is 0 Å². The minimum absolute atomic E-state index is 0.135. The Labute approximate surface area is 64.0 Å². The topological polar surface area (TPSA) is 63.4 Å². The fraction of sp³-hybridized carbons (Fsp3) is 0. The van der Waals surface area contributed by atoms with E-state index < -0.39 is 4.92 Å². The number of hydrogen-bond donors (Lipinski definition) is 1. The summed E-state index contributed by atoms with van der Waals surface area (Å²) in [6, 6.07) is 3.53. The van der Waals surface area contributed by atoms with Crippen LogP contribution in [0.4, 0.5) is 5.69 Å². The van der Waals surface area contributed by atoms with Gasteiger partial charge in [0.15, 0.2) is 0 Å². The molecular weight excluding hydrogens is 145 g/mol. The molecule has 4 nitrogen and oxygen atoms in total. The predicted molar refractivity (Wildman–Crippen MR) is 40.1 cm³/mol. The number of aromatic hydroxyl groups is 1. The van der Waals surface area contributed by atoms with Gasteiger partial charge in [0.2, 0.25) is 0 Å². The van der Waals surface area contributed by atoms with Gasteiger partial charge in [-0.3, -0.25) is 10.1 Å². The molecule has 54 valence electrons. The lowest BCUT2D eigenvalue weighted by Gasteiger charge is -1.96. The first-order valence-corrected chi connectivity index (χ1v) is 2.84. The number of nitro groups is 1. The third-order valence-electron chi connectivity index (χ3n) is 1.22. The normalized spacial score (nSPS) is 9.45. The minimum Gasteiger partial charge on any atom is -0.508 e. The molecule has 0 unspecified atom stereocenters. The zero-order valence-corrected chi connectivity index (χ0v) is 5.52. The van der Waals surface area contributed by atoms with E-state index in [1.165, 1.54) is 12.1 Å². The van der Waals surface area contributed by atoms with Crippen LogP contribution in [0, 0.1) is 10.1 Å². The molecule has 11 heavy (non-hydrogen) atoms. The summed E-state index contributed by atoms with van der Waals surface area (Å²) in [5, 5.41) is 19.0. The Kier molecular flexibility index (Phi) is 1.80. The van der Waals surface area contributed by atoms with Crippen LogP contribution in [0.3, 0.4) is 0 Å². The molecule has 1 aromatic carbocycles. The standard InChI is InChI=1S/C6H4BNO3/c7-5-2-1-4(8(10)11)3-6(5)9/h1-3,9H. The van der Waals surface area contributed by atoms with E-state index in [0.717, 1.165) is 6.07 Å². The molecule has 0 saturated carbocycles. The summed E-state index contributed by atoms with van der Waals surface area (Å²) in [6.45, 7) is 0. The second-order valence-corrected chi connectivity index (χ2v) is 2.00. The van der Waals surface area contributed by atoms with E-state index in [4.69, 9.17) is 13.0 Å². The van der Waals surface area contributed by atoms with Crippen molar-refractivity contribution in [1.82, 2.24) is 0 Å². The van der Waals surface area contributed by atoms with Crippen molar-refractivity contribution < 1.29 is 10.0 Å². The van der Waals surface area contributed by atoms with Gasteiger partial charge < -0.3 is 5.11 Å². The maximum atomic E-state index is 10.1. The summed E-state index contributed by atoms with van der Waals surface area (Å²) in [5.41, 5.74) is -0.0349. The molecule has 0 atom stereocenters. The van der Waals surface area contributed by atoms with Crippen LogP contribution in [0.5, 0.6) is 5.75 Å². The molecule has 0 aromatic heterocycles. The maximum absolute atomic E-state index is 10.1. The average Bonchev–Trinajstić information content (AvgIpc) is 1.94. The van der Waals surface area contributed by atoms with E-state index in [1.54, 1.807) is 0 Å². The van der Waals surface area contributed by atoms with Crippen molar-refractivity contribution >= 4 is 19.0 Å². The molecular formula is C6H4BNO3. The van der Waals surface area contributed by atoms with Crippen LogP contribution in [0.15, 0.2) is 18.2 Å². The van der Waals surface area contributed by atoms with Gasteiger partial charge in [-0.05, 0) is 0 Å². The van der Waals surface area contributed by atoms with Crippen molar-refractivity contribution in [2.45, 2.75) is 0 Å². The minimum atomic E-state index is -0.598. The first kappa shape index (κ1) is 7.59. The third kappa shape index (κ3) is 1.49. The van der Waals surface area contributed by atoms with Crippen molar-refractivity contribution in [3.63, 3.8) is 0 Å². The van der Waals surface area contributed by atoms with E-state index in [9.17, 15) is 10.1 Å².